The van der Waals surface area contributed by atoms with Crippen LogP contribution >= 0.6 is 0 Å². The van der Waals surface area contributed by atoms with Crippen molar-refractivity contribution in [2.45, 2.75) is 13.0 Å². The Bertz CT molecular complexity index is 361. The number of carbonyl (C=O) groups is 1. The quantitative estimate of drug-likeness (QED) is 0.769. The fraction of sp³-hybridized carbons (Fsp3) is 0.500. The fourth-order valence-electron chi connectivity index (χ4n) is 1.70. The molecule has 0 aliphatic carbocycles. The molecule has 15 heavy (non-hydrogen) atoms. The standard InChI is InChI=1S/C10H14N2O3/c1-7-2-3-9(15-7)8-6-12(4-5-13)10(14)11-8/h2-3,8,13H,4-6H2,1H3,(H,11,14). The zero-order valence-corrected chi connectivity index (χ0v) is 8.56. The summed E-state index contributed by atoms with van der Waals surface area (Å²) in [5, 5.41) is 11.6. The predicted octanol–water partition coefficient (Wildman–Crippen LogP) is 0.647. The number of nitrogens with zero attached hydrogens (tertiary/aromatic N) is 1. The van der Waals surface area contributed by atoms with Crippen LogP contribution in [0.15, 0.2) is 16.5 Å². The Morgan fingerprint density at radius 2 is 2.47 bits per heavy atom. The van der Waals surface area contributed by atoms with Gasteiger partial charge in [-0.15, -0.1) is 0 Å². The van der Waals surface area contributed by atoms with Crippen LogP contribution in [-0.4, -0.2) is 35.7 Å². The third kappa shape index (κ3) is 1.97. The minimum atomic E-state index is -0.150. The van der Waals surface area contributed by atoms with Crippen LogP contribution in [0.5, 0.6) is 0 Å². The molecule has 0 saturated carbocycles. The first kappa shape index (κ1) is 10.0. The van der Waals surface area contributed by atoms with Crippen molar-refractivity contribution < 1.29 is 14.3 Å². The number of aliphatic hydroxyl groups excluding tert-OH is 1. The van der Waals surface area contributed by atoms with E-state index in [1.165, 1.54) is 0 Å². The molecule has 2 rings (SSSR count). The molecular formula is C10H14N2O3. The number of β-amino-alcohol motifs (C(OH)–C–C–N with tert-alkyl or cyclic N) is 1. The maximum Gasteiger partial charge on any atom is 0.318 e. The normalized spacial score (nSPS) is 20.8. The minimum Gasteiger partial charge on any atom is -0.464 e. The number of rotatable bonds is 3. The van der Waals surface area contributed by atoms with Gasteiger partial charge in [0.15, 0.2) is 0 Å². The van der Waals surface area contributed by atoms with E-state index in [0.29, 0.717) is 13.1 Å². The molecule has 1 aromatic heterocycles. The summed E-state index contributed by atoms with van der Waals surface area (Å²) in [6.07, 6.45) is 0. The summed E-state index contributed by atoms with van der Waals surface area (Å²) in [4.78, 5) is 13.0. The van der Waals surface area contributed by atoms with E-state index in [-0.39, 0.29) is 18.7 Å². The maximum atomic E-state index is 11.4. The fourth-order valence-corrected chi connectivity index (χ4v) is 1.70. The van der Waals surface area contributed by atoms with Gasteiger partial charge >= 0.3 is 6.03 Å². The van der Waals surface area contributed by atoms with Crippen molar-refractivity contribution in [3.05, 3.63) is 23.7 Å². The van der Waals surface area contributed by atoms with Crippen LogP contribution in [0.25, 0.3) is 0 Å². The number of nitrogens with one attached hydrogen (secondary N) is 1. The monoisotopic (exact) mass is 210 g/mol. The highest BCUT2D eigenvalue weighted by molar-refractivity contribution is 5.77. The second-order valence-corrected chi connectivity index (χ2v) is 3.62. The summed E-state index contributed by atoms with van der Waals surface area (Å²) in [5.41, 5.74) is 0. The highest BCUT2D eigenvalue weighted by Crippen LogP contribution is 2.21. The summed E-state index contributed by atoms with van der Waals surface area (Å²) in [6.45, 7) is 2.76. The summed E-state index contributed by atoms with van der Waals surface area (Å²) >= 11 is 0. The molecule has 1 atom stereocenters. The third-order valence-corrected chi connectivity index (χ3v) is 2.46. The maximum absolute atomic E-state index is 11.4. The number of amides is 2. The third-order valence-electron chi connectivity index (χ3n) is 2.46. The van der Waals surface area contributed by atoms with Crippen molar-refractivity contribution in [3.8, 4) is 0 Å². The van der Waals surface area contributed by atoms with Crippen LogP contribution in [0.3, 0.4) is 0 Å². The van der Waals surface area contributed by atoms with Gasteiger partial charge in [-0.1, -0.05) is 0 Å². The molecule has 1 unspecified atom stereocenters. The van der Waals surface area contributed by atoms with Gasteiger partial charge in [-0.25, -0.2) is 4.79 Å². The van der Waals surface area contributed by atoms with E-state index in [1.54, 1.807) is 4.90 Å². The molecule has 1 saturated heterocycles. The molecule has 0 aromatic carbocycles. The Hall–Kier alpha value is -1.49. The summed E-state index contributed by atoms with van der Waals surface area (Å²) in [7, 11) is 0. The molecule has 2 heterocycles. The Labute approximate surface area is 87.7 Å². The number of carbonyl (C=O) groups excluding carboxylic acids is 1. The smallest absolute Gasteiger partial charge is 0.318 e. The lowest BCUT2D eigenvalue weighted by molar-refractivity contribution is 0.196. The number of hydrogen-bond acceptors (Lipinski definition) is 3. The zero-order valence-electron chi connectivity index (χ0n) is 8.56. The van der Waals surface area contributed by atoms with E-state index in [4.69, 9.17) is 9.52 Å². The molecule has 1 fully saturated rings. The first-order valence-corrected chi connectivity index (χ1v) is 4.93. The van der Waals surface area contributed by atoms with Crippen molar-refractivity contribution in [3.63, 3.8) is 0 Å². The Kier molecular flexibility index (Phi) is 2.64. The van der Waals surface area contributed by atoms with Crippen LogP contribution in [0.2, 0.25) is 0 Å². The van der Waals surface area contributed by atoms with Gasteiger partial charge < -0.3 is 19.7 Å². The van der Waals surface area contributed by atoms with Crippen LogP contribution < -0.4 is 5.32 Å². The molecule has 5 nitrogen and oxygen atoms in total. The van der Waals surface area contributed by atoms with Crippen molar-refractivity contribution in [1.82, 2.24) is 10.2 Å². The second kappa shape index (κ2) is 3.94. The molecule has 0 bridgehead atoms. The molecule has 1 aliphatic heterocycles. The first-order valence-electron chi connectivity index (χ1n) is 4.93. The van der Waals surface area contributed by atoms with Gasteiger partial charge in [0.1, 0.15) is 17.6 Å². The molecule has 82 valence electrons. The van der Waals surface area contributed by atoms with Gasteiger partial charge in [-0.3, -0.25) is 0 Å². The van der Waals surface area contributed by atoms with Gasteiger partial charge in [0.05, 0.1) is 13.2 Å². The Morgan fingerprint density at radius 3 is 3.07 bits per heavy atom. The van der Waals surface area contributed by atoms with Crippen LogP contribution in [0, 0.1) is 6.92 Å². The molecule has 1 aromatic rings. The highest BCUT2D eigenvalue weighted by Gasteiger charge is 2.30. The summed E-state index contributed by atoms with van der Waals surface area (Å²) in [6, 6.07) is 3.49. The molecule has 1 aliphatic rings. The Balaban J connectivity index is 2.05. The van der Waals surface area contributed by atoms with Crippen LogP contribution in [-0.2, 0) is 0 Å². The van der Waals surface area contributed by atoms with Crippen LogP contribution in [0.1, 0.15) is 17.6 Å². The average Bonchev–Trinajstić information content (AvgIpc) is 2.75. The molecule has 0 radical (unpaired) electrons. The molecule has 2 amide bonds. The second-order valence-electron chi connectivity index (χ2n) is 3.62. The van der Waals surface area contributed by atoms with Gasteiger partial charge in [0.25, 0.3) is 0 Å². The highest BCUT2D eigenvalue weighted by atomic mass is 16.3. The number of urea groups is 1. The zero-order chi connectivity index (χ0) is 10.8. The van der Waals surface area contributed by atoms with Gasteiger partial charge in [-0.05, 0) is 19.1 Å². The van der Waals surface area contributed by atoms with Gasteiger partial charge in [0, 0.05) is 6.54 Å². The van der Waals surface area contributed by atoms with Gasteiger partial charge in [-0.2, -0.15) is 0 Å². The minimum absolute atomic E-state index is 0.0165. The van der Waals surface area contributed by atoms with Crippen molar-refractivity contribution in [2.75, 3.05) is 19.7 Å². The predicted molar refractivity (Wildman–Crippen MR) is 53.4 cm³/mol. The summed E-state index contributed by atoms with van der Waals surface area (Å²) < 4.78 is 5.44. The van der Waals surface area contributed by atoms with Gasteiger partial charge in [0.2, 0.25) is 0 Å². The van der Waals surface area contributed by atoms with Crippen molar-refractivity contribution in [2.24, 2.45) is 0 Å². The van der Waals surface area contributed by atoms with Crippen molar-refractivity contribution >= 4 is 6.03 Å². The number of aliphatic hydroxyl groups is 1. The number of hydrogen-bond donors (Lipinski definition) is 2. The molecule has 2 N–H and O–H groups in total. The number of aryl methyl sites for hydroxylation is 1. The lowest BCUT2D eigenvalue weighted by Crippen LogP contribution is -2.30. The molecule has 5 heteroatoms. The van der Waals surface area contributed by atoms with E-state index in [2.05, 4.69) is 5.32 Å². The largest absolute Gasteiger partial charge is 0.464 e. The van der Waals surface area contributed by atoms with Crippen LogP contribution in [0.4, 0.5) is 4.79 Å². The first-order chi connectivity index (χ1) is 7.20. The number of furan rings is 1. The van der Waals surface area contributed by atoms with E-state index in [1.807, 2.05) is 19.1 Å². The molecule has 0 spiro atoms. The Morgan fingerprint density at radius 1 is 1.67 bits per heavy atom. The van der Waals surface area contributed by atoms with Crippen molar-refractivity contribution in [1.29, 1.82) is 0 Å². The van der Waals surface area contributed by atoms with E-state index < -0.39 is 0 Å². The molecular weight excluding hydrogens is 196 g/mol. The lowest BCUT2D eigenvalue weighted by atomic mass is 10.2. The topological polar surface area (TPSA) is 65.7 Å². The van der Waals surface area contributed by atoms with E-state index >= 15 is 0 Å². The SMILES string of the molecule is Cc1ccc(C2CN(CCO)C(=O)N2)o1. The summed E-state index contributed by atoms with van der Waals surface area (Å²) in [5.74, 6) is 1.60. The average molecular weight is 210 g/mol. The van der Waals surface area contributed by atoms with E-state index in [9.17, 15) is 4.79 Å². The lowest BCUT2D eigenvalue weighted by Gasteiger charge is -2.11. The van der Waals surface area contributed by atoms with E-state index in [0.717, 1.165) is 11.5 Å².